The van der Waals surface area contributed by atoms with Gasteiger partial charge in [-0.2, -0.15) is 0 Å². The van der Waals surface area contributed by atoms with Gasteiger partial charge in [0.1, 0.15) is 5.75 Å². The van der Waals surface area contributed by atoms with Crippen molar-refractivity contribution in [3.63, 3.8) is 0 Å². The molecular weight excluding hydrogens is 184 g/mol. The van der Waals surface area contributed by atoms with Crippen LogP contribution in [0.25, 0.3) is 0 Å². The molecule has 74 valence electrons. The maximum Gasteiger partial charge on any atom is 0.372 e. The maximum atomic E-state index is 11.1. The third-order valence-electron chi connectivity index (χ3n) is 2.01. The van der Waals surface area contributed by atoms with Gasteiger partial charge in [0, 0.05) is 5.56 Å². The fourth-order valence-electron chi connectivity index (χ4n) is 1.18. The van der Waals surface area contributed by atoms with E-state index in [1.165, 1.54) is 19.1 Å². The van der Waals surface area contributed by atoms with Crippen molar-refractivity contribution < 1.29 is 19.8 Å². The second kappa shape index (κ2) is 3.91. The molecule has 0 amide bonds. The van der Waals surface area contributed by atoms with Crippen LogP contribution in [0.3, 0.4) is 0 Å². The molecule has 14 heavy (non-hydrogen) atoms. The summed E-state index contributed by atoms with van der Waals surface area (Å²) in [5, 5.41) is 17.8. The van der Waals surface area contributed by atoms with E-state index in [2.05, 4.69) is 0 Å². The highest BCUT2D eigenvalue weighted by Crippen LogP contribution is 2.25. The molecule has 1 aromatic rings. The molecule has 1 aromatic carbocycles. The predicted molar refractivity (Wildman–Crippen MR) is 49.2 cm³/mol. The van der Waals surface area contributed by atoms with E-state index in [4.69, 9.17) is 5.11 Å². The van der Waals surface area contributed by atoms with Gasteiger partial charge in [-0.15, -0.1) is 0 Å². The Labute approximate surface area is 80.8 Å². The normalized spacial score (nSPS) is 12.1. The van der Waals surface area contributed by atoms with Crippen LogP contribution >= 0.6 is 0 Å². The van der Waals surface area contributed by atoms with Gasteiger partial charge >= 0.3 is 5.97 Å². The molecule has 0 radical (unpaired) electrons. The van der Waals surface area contributed by atoms with Gasteiger partial charge < -0.3 is 10.2 Å². The highest BCUT2D eigenvalue weighted by molar-refractivity contribution is 6.34. The van der Waals surface area contributed by atoms with Gasteiger partial charge in [-0.1, -0.05) is 25.1 Å². The summed E-state index contributed by atoms with van der Waals surface area (Å²) in [5.41, 5.74) is 0.333. The van der Waals surface area contributed by atoms with Crippen molar-refractivity contribution in [2.75, 3.05) is 0 Å². The number of carboxylic acid groups (broad SMARTS) is 1. The Morgan fingerprint density at radius 1 is 1.29 bits per heavy atom. The third-order valence-corrected chi connectivity index (χ3v) is 2.01. The fraction of sp³-hybridized carbons (Fsp3) is 0.200. The van der Waals surface area contributed by atoms with Gasteiger partial charge in [-0.3, -0.25) is 4.79 Å². The first-order valence-corrected chi connectivity index (χ1v) is 4.09. The van der Waals surface area contributed by atoms with Crippen molar-refractivity contribution in [3.05, 3.63) is 29.8 Å². The summed E-state index contributed by atoms with van der Waals surface area (Å²) in [6, 6.07) is 6.19. The zero-order valence-corrected chi connectivity index (χ0v) is 7.60. The van der Waals surface area contributed by atoms with Crippen molar-refractivity contribution in [1.29, 1.82) is 0 Å². The number of hydrogen-bond donors (Lipinski definition) is 2. The van der Waals surface area contributed by atoms with Crippen molar-refractivity contribution in [2.24, 2.45) is 0 Å². The van der Waals surface area contributed by atoms with E-state index in [0.29, 0.717) is 5.56 Å². The molecule has 1 atom stereocenters. The summed E-state index contributed by atoms with van der Waals surface area (Å²) in [6.07, 6.45) is 0. The topological polar surface area (TPSA) is 74.6 Å². The zero-order chi connectivity index (χ0) is 10.7. The molecule has 0 saturated carbocycles. The number of phenolic OH excluding ortho intramolecular Hbond substituents is 1. The SMILES string of the molecule is CC(C(=O)C(=O)O)c1ccccc1O. The monoisotopic (exact) mass is 194 g/mol. The Kier molecular flexibility index (Phi) is 2.86. The van der Waals surface area contributed by atoms with Crippen LogP contribution in [-0.4, -0.2) is 22.0 Å². The minimum Gasteiger partial charge on any atom is -0.508 e. The van der Waals surface area contributed by atoms with E-state index in [9.17, 15) is 14.7 Å². The summed E-state index contributed by atoms with van der Waals surface area (Å²) in [4.78, 5) is 21.5. The lowest BCUT2D eigenvalue weighted by Gasteiger charge is -2.09. The average molecular weight is 194 g/mol. The van der Waals surface area contributed by atoms with Crippen molar-refractivity contribution in [3.8, 4) is 5.75 Å². The molecule has 0 bridgehead atoms. The molecule has 0 aliphatic heterocycles. The summed E-state index contributed by atoms with van der Waals surface area (Å²) in [6.45, 7) is 1.45. The quantitative estimate of drug-likeness (QED) is 0.708. The summed E-state index contributed by atoms with van der Waals surface area (Å²) >= 11 is 0. The number of aliphatic carboxylic acids is 1. The average Bonchev–Trinajstić information content (AvgIpc) is 2.16. The molecule has 0 fully saturated rings. The molecule has 0 aromatic heterocycles. The molecule has 1 unspecified atom stereocenters. The first-order valence-electron chi connectivity index (χ1n) is 4.09. The van der Waals surface area contributed by atoms with Crippen LogP contribution < -0.4 is 0 Å². The van der Waals surface area contributed by atoms with Crippen LogP contribution in [0.4, 0.5) is 0 Å². The van der Waals surface area contributed by atoms with Crippen molar-refractivity contribution in [1.82, 2.24) is 0 Å². The van der Waals surface area contributed by atoms with Gasteiger partial charge in [-0.05, 0) is 6.07 Å². The second-order valence-electron chi connectivity index (χ2n) is 2.95. The highest BCUT2D eigenvalue weighted by Gasteiger charge is 2.23. The van der Waals surface area contributed by atoms with Crippen LogP contribution in [0.2, 0.25) is 0 Å². The standard InChI is InChI=1S/C10H10O4/c1-6(9(12)10(13)14)7-4-2-3-5-8(7)11/h2-6,11H,1H3,(H,13,14). The number of rotatable bonds is 3. The molecule has 2 N–H and O–H groups in total. The number of benzene rings is 1. The largest absolute Gasteiger partial charge is 0.508 e. The van der Waals surface area contributed by atoms with Gasteiger partial charge in [0.2, 0.25) is 5.78 Å². The number of ketones is 1. The first-order chi connectivity index (χ1) is 6.54. The molecule has 1 rings (SSSR count). The minimum atomic E-state index is -1.49. The smallest absolute Gasteiger partial charge is 0.372 e. The fourth-order valence-corrected chi connectivity index (χ4v) is 1.18. The molecule has 0 heterocycles. The van der Waals surface area contributed by atoms with E-state index >= 15 is 0 Å². The number of phenols is 1. The summed E-state index contributed by atoms with van der Waals surface area (Å²) in [5.74, 6) is -3.30. The second-order valence-corrected chi connectivity index (χ2v) is 2.95. The third kappa shape index (κ3) is 1.90. The molecular formula is C10H10O4. The molecule has 4 nitrogen and oxygen atoms in total. The maximum absolute atomic E-state index is 11.1. The van der Waals surface area contributed by atoms with Crippen LogP contribution in [0.5, 0.6) is 5.75 Å². The van der Waals surface area contributed by atoms with Crippen molar-refractivity contribution >= 4 is 11.8 Å². The first kappa shape index (κ1) is 10.2. The van der Waals surface area contributed by atoms with Crippen LogP contribution in [0.15, 0.2) is 24.3 Å². The lowest BCUT2D eigenvalue weighted by molar-refractivity contribution is -0.149. The van der Waals surface area contributed by atoms with Crippen LogP contribution in [0, 0.1) is 0 Å². The highest BCUT2D eigenvalue weighted by atomic mass is 16.4. The predicted octanol–water partition coefficient (Wildman–Crippen LogP) is 1.15. The molecule has 4 heteroatoms. The number of carboxylic acids is 1. The van der Waals surface area contributed by atoms with Gasteiger partial charge in [0.05, 0.1) is 5.92 Å². The molecule has 0 saturated heterocycles. The molecule has 0 aliphatic carbocycles. The van der Waals surface area contributed by atoms with Gasteiger partial charge in [-0.25, -0.2) is 4.79 Å². The molecule has 0 spiro atoms. The number of carbonyl (C=O) groups excluding carboxylic acids is 1. The molecule has 0 aliphatic rings. The lowest BCUT2D eigenvalue weighted by atomic mass is 9.96. The summed E-state index contributed by atoms with van der Waals surface area (Å²) in [7, 11) is 0. The van der Waals surface area contributed by atoms with Crippen LogP contribution in [-0.2, 0) is 9.59 Å². The Morgan fingerprint density at radius 2 is 1.86 bits per heavy atom. The number of aromatic hydroxyl groups is 1. The summed E-state index contributed by atoms with van der Waals surface area (Å²) < 4.78 is 0. The Balaban J connectivity index is 3.01. The van der Waals surface area contributed by atoms with Gasteiger partial charge in [0.25, 0.3) is 0 Å². The van der Waals surface area contributed by atoms with Crippen LogP contribution in [0.1, 0.15) is 18.4 Å². The Bertz CT molecular complexity index is 370. The minimum absolute atomic E-state index is 0.0606. The lowest BCUT2D eigenvalue weighted by Crippen LogP contribution is -2.19. The van der Waals surface area contributed by atoms with E-state index < -0.39 is 17.7 Å². The number of para-hydroxylation sites is 1. The number of hydrogen-bond acceptors (Lipinski definition) is 3. The van der Waals surface area contributed by atoms with E-state index in [1.807, 2.05) is 0 Å². The zero-order valence-electron chi connectivity index (χ0n) is 7.60. The van der Waals surface area contributed by atoms with E-state index in [1.54, 1.807) is 12.1 Å². The van der Waals surface area contributed by atoms with Gasteiger partial charge in [0.15, 0.2) is 0 Å². The Morgan fingerprint density at radius 3 is 2.36 bits per heavy atom. The number of carbonyl (C=O) groups is 2. The Hall–Kier alpha value is -1.84. The van der Waals surface area contributed by atoms with Crippen molar-refractivity contribution in [2.45, 2.75) is 12.8 Å². The van der Waals surface area contributed by atoms with E-state index in [-0.39, 0.29) is 5.75 Å². The number of Topliss-reactive ketones (excluding diaryl/α,β-unsaturated/α-hetero) is 1. The van der Waals surface area contributed by atoms with E-state index in [0.717, 1.165) is 0 Å².